The molecule has 20 atom stereocenters. The fourth-order valence-electron chi connectivity index (χ4n) is 24.5. The molecule has 2 saturated carbocycles. The van der Waals surface area contributed by atoms with E-state index < -0.39 is 167 Å². The van der Waals surface area contributed by atoms with Crippen molar-refractivity contribution in [2.45, 2.75) is 205 Å². The van der Waals surface area contributed by atoms with E-state index in [2.05, 4.69) is 9.80 Å². The first-order valence-electron chi connectivity index (χ1n) is 37.4. The van der Waals surface area contributed by atoms with Crippen LogP contribution < -0.4 is 18.9 Å². The van der Waals surface area contributed by atoms with E-state index in [4.69, 9.17) is 27.3 Å². The largest absolute Gasteiger partial charge is 0.486 e. The molecular weight excluding hydrogens is 1550 g/mol. The number of carbonyl (C=O) groups is 2. The molecule has 0 aromatic heterocycles. The standard InChI is InChI=1S/C20H27NO10S2.2C19H23NO7S.C18H19NO4/c1-21-6-5-19-15-11-3-4-12(9-22)16(15)31-17(19)18(23,10-32(25,26)27)8-14(33(28,29)30-2)20(19,24)13(21)7-11;1-20-6-5-18-15-10-3-4-11(9-21)16(15)27-17(18)12(22)8-14(28(24,25)26-2)19(18,23)13(20)7-10;1-20-7-6-18-14-11-2-3-12(9-21)15(14)27-16(18)17(22,10-28(24,25)26)4-5-19(18,23)13(20)8-11;1-19-7-6-17-14-10-2-3-11(9-20)15(14)23-16(17)12(21)4-5-18(17,22)13(19)8-10/h3-4,13-14,17,22-24H,5-10H2,1-2H3,(H,25,26,27);3-4,13-14,17,21,23H,5-9H2,1-2H3;2-5,13,16,21-23H,6-10H2,1H3,(H,24,25,26);2-5,13,16,20,22H,6-9H2,1H3/t13?,14?,17-,18?,19?,20-;13?,14?,17-,18?,19-;13?,16-,17?,18?,19+;13?,16-,17?,18+/m0000/s1. The second kappa shape index (κ2) is 25.3. The van der Waals surface area contributed by atoms with Crippen molar-refractivity contribution in [2.75, 3.05) is 80.1 Å². The highest BCUT2D eigenvalue weighted by molar-refractivity contribution is 7.88. The van der Waals surface area contributed by atoms with Crippen LogP contribution in [0.4, 0.5) is 0 Å². The van der Waals surface area contributed by atoms with Gasteiger partial charge < -0.3 is 79.8 Å². The number of Topliss-reactive ketones (excluding diaryl/α,β-unsaturated/α-hetero) is 1. The second-order valence-electron chi connectivity index (χ2n) is 33.8. The maximum absolute atomic E-state index is 13.2. The molecule has 8 aliphatic carbocycles. The van der Waals surface area contributed by atoms with Gasteiger partial charge in [-0.15, -0.1) is 0 Å². The summed E-state index contributed by atoms with van der Waals surface area (Å²) < 4.78 is 152. The van der Waals surface area contributed by atoms with Gasteiger partial charge in [0.25, 0.3) is 40.5 Å². The van der Waals surface area contributed by atoms with Gasteiger partial charge in [0.1, 0.15) is 90.8 Å². The zero-order valence-electron chi connectivity index (χ0n) is 62.2. The molecule has 0 radical (unpaired) electrons. The van der Waals surface area contributed by atoms with Gasteiger partial charge >= 0.3 is 0 Å². The van der Waals surface area contributed by atoms with Crippen LogP contribution in [0, 0.1) is 0 Å². The van der Waals surface area contributed by atoms with Gasteiger partial charge in [-0.3, -0.25) is 36.9 Å². The summed E-state index contributed by atoms with van der Waals surface area (Å²) in [5.74, 6) is -0.899. The Morgan fingerprint density at radius 1 is 0.438 bits per heavy atom. The Morgan fingerprint density at radius 2 is 0.812 bits per heavy atom. The Morgan fingerprint density at radius 3 is 1.29 bits per heavy atom. The molecule has 4 spiro atoms. The Bertz CT molecular complexity index is 5280. The summed E-state index contributed by atoms with van der Waals surface area (Å²) in [5, 5.41) is 107. The number of nitrogens with zero attached hydrogens (tertiary/aromatic N) is 4. The second-order valence-corrected chi connectivity index (χ2v) is 40.4. The number of aliphatic hydroxyl groups is 10. The maximum Gasteiger partial charge on any atom is 0.273 e. The van der Waals surface area contributed by atoms with Crippen molar-refractivity contribution in [2.24, 2.45) is 0 Å². The van der Waals surface area contributed by atoms with Crippen LogP contribution in [-0.4, -0.2) is 298 Å². The molecule has 0 amide bonds. The van der Waals surface area contributed by atoms with Gasteiger partial charge in [0, 0.05) is 81.5 Å². The molecule has 4 aromatic rings. The molecule has 12 N–H and O–H groups in total. The van der Waals surface area contributed by atoms with Crippen LogP contribution in [-0.2, 0) is 132 Å². The first kappa shape index (κ1) is 78.5. The van der Waals surface area contributed by atoms with Gasteiger partial charge in [-0.1, -0.05) is 54.6 Å². The summed E-state index contributed by atoms with van der Waals surface area (Å²) in [5.41, 5.74) is -6.26. The quantitative estimate of drug-likeness (QED) is 0.0403. The predicted molar refractivity (Wildman–Crippen MR) is 392 cm³/mol. The Kier molecular flexibility index (Phi) is 17.7. The van der Waals surface area contributed by atoms with Crippen molar-refractivity contribution in [3.8, 4) is 23.0 Å². The first-order chi connectivity index (χ1) is 52.5. The number of benzene rings is 4. The lowest BCUT2D eigenvalue weighted by Gasteiger charge is -2.66. The third-order valence-corrected chi connectivity index (χ3v) is 34.2. The lowest BCUT2D eigenvalue weighted by Crippen LogP contribution is -2.84. The lowest BCUT2D eigenvalue weighted by atomic mass is 9.46. The average Bonchev–Trinajstić information content (AvgIpc) is 1.43. The molecule has 8 aliphatic heterocycles. The van der Waals surface area contributed by atoms with E-state index >= 15 is 0 Å². The number of likely N-dealkylation sites (N-methyl/N-ethyl adjacent to an activating group) is 4. The highest BCUT2D eigenvalue weighted by atomic mass is 32.2. The molecule has 608 valence electrons. The van der Waals surface area contributed by atoms with Gasteiger partial charge in [0.05, 0.1) is 62.3 Å². The summed E-state index contributed by atoms with van der Waals surface area (Å²) in [6.07, 6.45) is 4.36. The molecule has 12 unspecified atom stereocenters. The summed E-state index contributed by atoms with van der Waals surface area (Å²) in [6.45, 7) is 1.37. The van der Waals surface area contributed by atoms with Crippen LogP contribution in [0.25, 0.3) is 0 Å². The number of hydrogen-bond donors (Lipinski definition) is 12. The highest BCUT2D eigenvalue weighted by Gasteiger charge is 2.83. The van der Waals surface area contributed by atoms with E-state index in [1.54, 1.807) is 37.4 Å². The van der Waals surface area contributed by atoms with Crippen LogP contribution in [0.2, 0.25) is 0 Å². The number of hydrogen-bond acceptors (Lipinski definition) is 30. The van der Waals surface area contributed by atoms with Crippen molar-refractivity contribution in [3.05, 3.63) is 140 Å². The van der Waals surface area contributed by atoms with Crippen LogP contribution in [0.15, 0.2) is 72.8 Å². The van der Waals surface area contributed by atoms with Crippen LogP contribution in [0.5, 0.6) is 23.0 Å². The molecule has 20 rings (SSSR count). The molecule has 16 aliphatic rings. The normalized spacial score (nSPS) is 39.9. The number of aliphatic hydroxyl groups excluding tert-OH is 4. The minimum atomic E-state index is -4.78. The number of ether oxygens (including phenoxy) is 4. The molecular formula is C76H92N4O28S4. The van der Waals surface area contributed by atoms with E-state index in [-0.39, 0.29) is 68.5 Å². The average molecular weight is 1640 g/mol. The van der Waals surface area contributed by atoms with Crippen molar-refractivity contribution >= 4 is 52.0 Å². The van der Waals surface area contributed by atoms with Crippen molar-refractivity contribution < 1.29 is 131 Å². The summed E-state index contributed by atoms with van der Waals surface area (Å²) >= 11 is 0. The summed E-state index contributed by atoms with van der Waals surface area (Å²) in [7, 11) is -8.36. The summed E-state index contributed by atoms with van der Waals surface area (Å²) in [6, 6.07) is 13.2. The molecule has 4 saturated heterocycles. The third kappa shape index (κ3) is 9.89. The number of likely N-dealkylation sites (tertiary alicyclic amines) is 4. The SMILES string of the molecule is CN1CCC23c4c5ccc(CO)c4O[C@H]2C(=O)C=C[C@@]3(O)C1C5.CN1CCC23c4c5ccc(CO)c4O[C@H]2C(O)(CS(=O)(=O)O)C=C[C@@]3(O)C1C5.COS(=O)(=O)C1CC(=O)[C@@H]2Oc3c(CO)ccc4c3C23CCN(C)C(C4)[C@]13O.COS(=O)(=O)C1CC(O)(CS(=O)(=O)O)[C@@H]2Oc3c(CO)ccc4c3C23CCN(C)C(C4)[C@]13O. The van der Waals surface area contributed by atoms with Gasteiger partial charge in [-0.05, 0) is 146 Å². The molecule has 8 heterocycles. The van der Waals surface area contributed by atoms with Crippen LogP contribution >= 0.6 is 0 Å². The van der Waals surface area contributed by atoms with E-state index in [0.29, 0.717) is 102 Å². The molecule has 4 aromatic carbocycles. The highest BCUT2D eigenvalue weighted by Crippen LogP contribution is 2.70. The smallest absolute Gasteiger partial charge is 0.273 e. The molecule has 36 heteroatoms. The Labute approximate surface area is 646 Å². The first-order valence-corrected chi connectivity index (χ1v) is 43.5. The fraction of sp³-hybridized carbons (Fsp3) is 0.605. The molecule has 8 bridgehead atoms. The number of rotatable bonds is 12. The zero-order chi connectivity index (χ0) is 80.3. The van der Waals surface area contributed by atoms with E-state index in [1.807, 2.05) is 55.2 Å². The molecule has 112 heavy (non-hydrogen) atoms. The third-order valence-electron chi connectivity index (χ3n) is 29.1. The minimum Gasteiger partial charge on any atom is -0.486 e. The van der Waals surface area contributed by atoms with Crippen LogP contribution in [0.3, 0.4) is 0 Å². The number of ketones is 2. The molecule has 6 fully saturated rings. The molecule has 32 nitrogen and oxygen atoms in total. The topological polar surface area (TPSA) is 482 Å². The number of piperidine rings is 4. The van der Waals surface area contributed by atoms with Crippen molar-refractivity contribution in [3.63, 3.8) is 0 Å². The predicted octanol–water partition coefficient (Wildman–Crippen LogP) is -2.31. The van der Waals surface area contributed by atoms with Crippen LogP contribution in [0.1, 0.15) is 105 Å². The fourth-order valence-corrected chi connectivity index (χ4v) is 29.2. The maximum atomic E-state index is 13.2. The van der Waals surface area contributed by atoms with Gasteiger partial charge in [-0.25, -0.2) is 0 Å². The zero-order valence-corrected chi connectivity index (χ0v) is 65.4. The van der Waals surface area contributed by atoms with Gasteiger partial charge in [0.15, 0.2) is 23.8 Å². The monoisotopic (exact) mass is 1640 g/mol. The van der Waals surface area contributed by atoms with E-state index in [1.165, 1.54) is 18.2 Å². The van der Waals surface area contributed by atoms with Crippen molar-refractivity contribution in [1.82, 2.24) is 19.6 Å². The minimum absolute atomic E-state index is 0.0647. The Balaban J connectivity index is 0.000000109. The summed E-state index contributed by atoms with van der Waals surface area (Å²) in [4.78, 5) is 33.7. The van der Waals surface area contributed by atoms with Crippen molar-refractivity contribution in [1.29, 1.82) is 0 Å². The van der Waals surface area contributed by atoms with Gasteiger partial charge in [-0.2, -0.15) is 33.7 Å². The van der Waals surface area contributed by atoms with E-state index in [0.717, 1.165) is 60.6 Å². The lowest BCUT2D eigenvalue weighted by molar-refractivity contribution is -0.225. The number of carbonyl (C=O) groups excluding carboxylic acids is 2. The van der Waals surface area contributed by atoms with Gasteiger partial charge in [0.2, 0.25) is 0 Å². The Hall–Kier alpha value is -6.02. The van der Waals surface area contributed by atoms with E-state index in [9.17, 15) is 103 Å².